The summed E-state index contributed by atoms with van der Waals surface area (Å²) in [5, 5.41) is 0. The smallest absolute Gasteiger partial charge is 0.240 e. The Morgan fingerprint density at radius 1 is 1.37 bits per heavy atom. The van der Waals surface area contributed by atoms with Crippen LogP contribution in [0.3, 0.4) is 0 Å². The van der Waals surface area contributed by atoms with Crippen molar-refractivity contribution >= 4 is 10.0 Å². The zero-order valence-corrected chi connectivity index (χ0v) is 16.9. The van der Waals surface area contributed by atoms with Crippen LogP contribution in [0, 0.1) is 19.8 Å². The van der Waals surface area contributed by atoms with Crippen LogP contribution in [0.15, 0.2) is 33.7 Å². The molecule has 2 aromatic rings. The lowest BCUT2D eigenvalue weighted by Crippen LogP contribution is -2.32. The molecule has 0 aliphatic carbocycles. The Morgan fingerprint density at radius 3 is 2.89 bits per heavy atom. The van der Waals surface area contributed by atoms with Crippen molar-refractivity contribution in [3.8, 4) is 11.3 Å². The van der Waals surface area contributed by atoms with E-state index in [4.69, 9.17) is 9.15 Å². The monoisotopic (exact) mass is 393 g/mol. The number of nitrogens with zero attached hydrogens (tertiary/aromatic N) is 2. The number of hydrogen-bond acceptors (Lipinski definition) is 6. The van der Waals surface area contributed by atoms with E-state index in [1.54, 1.807) is 39.3 Å². The Balaban J connectivity index is 1.68. The third-order valence-corrected chi connectivity index (χ3v) is 6.49. The number of methoxy groups -OCH3 is 1. The molecule has 1 atom stereocenters. The van der Waals surface area contributed by atoms with E-state index in [0.29, 0.717) is 41.8 Å². The highest BCUT2D eigenvalue weighted by molar-refractivity contribution is 7.89. The first-order chi connectivity index (χ1) is 12.9. The number of oxazole rings is 1. The Labute approximate surface area is 160 Å². The highest BCUT2D eigenvalue weighted by Gasteiger charge is 2.25. The minimum absolute atomic E-state index is 0.281. The molecule has 7 nitrogen and oxygen atoms in total. The van der Waals surface area contributed by atoms with Gasteiger partial charge in [-0.15, -0.1) is 0 Å². The maximum absolute atomic E-state index is 12.9. The number of rotatable bonds is 8. The highest BCUT2D eigenvalue weighted by Crippen LogP contribution is 2.26. The van der Waals surface area contributed by atoms with Crippen LogP contribution in [0.25, 0.3) is 11.3 Å². The van der Waals surface area contributed by atoms with Gasteiger partial charge in [0.15, 0.2) is 11.7 Å². The van der Waals surface area contributed by atoms with Gasteiger partial charge in [0.25, 0.3) is 0 Å². The van der Waals surface area contributed by atoms with Gasteiger partial charge in [-0.1, -0.05) is 12.1 Å². The lowest BCUT2D eigenvalue weighted by molar-refractivity contribution is 0.159. The molecule has 0 saturated carbocycles. The summed E-state index contributed by atoms with van der Waals surface area (Å²) in [4.78, 5) is 6.67. The van der Waals surface area contributed by atoms with Crippen LogP contribution in [0.1, 0.15) is 17.9 Å². The lowest BCUT2D eigenvalue weighted by Gasteiger charge is -2.16. The Bertz CT molecular complexity index is 879. The maximum atomic E-state index is 12.9. The maximum Gasteiger partial charge on any atom is 0.240 e. The molecule has 8 heteroatoms. The average molecular weight is 394 g/mol. The van der Waals surface area contributed by atoms with Crippen LogP contribution in [0.4, 0.5) is 0 Å². The number of aromatic nitrogens is 1. The molecule has 0 amide bonds. The molecular weight excluding hydrogens is 366 g/mol. The number of aryl methyl sites for hydroxylation is 2. The van der Waals surface area contributed by atoms with Crippen LogP contribution in [-0.4, -0.2) is 58.2 Å². The average Bonchev–Trinajstić information content (AvgIpc) is 3.27. The second-order valence-electron chi connectivity index (χ2n) is 7.02. The molecule has 1 fully saturated rings. The van der Waals surface area contributed by atoms with Gasteiger partial charge in [-0.05, 0) is 37.4 Å². The van der Waals surface area contributed by atoms with Crippen LogP contribution >= 0.6 is 0 Å². The van der Waals surface area contributed by atoms with E-state index in [-0.39, 0.29) is 4.90 Å². The molecule has 1 N–H and O–H groups in total. The molecule has 0 spiro atoms. The number of hydrogen-bond donors (Lipinski definition) is 1. The van der Waals surface area contributed by atoms with Crippen LogP contribution < -0.4 is 4.72 Å². The van der Waals surface area contributed by atoms with Crippen LogP contribution in [0.2, 0.25) is 0 Å². The molecule has 1 aromatic carbocycles. The number of ether oxygens (including phenoxy) is 1. The first-order valence-electron chi connectivity index (χ1n) is 9.13. The zero-order valence-electron chi connectivity index (χ0n) is 16.1. The summed E-state index contributed by atoms with van der Waals surface area (Å²) < 4.78 is 39.1. The van der Waals surface area contributed by atoms with E-state index in [2.05, 4.69) is 14.6 Å². The fourth-order valence-corrected chi connectivity index (χ4v) is 4.73. The number of sulfonamides is 1. The SMILES string of the molecule is COCCN1CCC(CNS(=O)(=O)c2cc(-c3cnc(C)o3)ccc2C)C1. The minimum atomic E-state index is -3.59. The van der Waals surface area contributed by atoms with Gasteiger partial charge >= 0.3 is 0 Å². The third kappa shape index (κ3) is 4.95. The van der Waals surface area contributed by atoms with E-state index in [0.717, 1.165) is 26.1 Å². The normalized spacial score (nSPS) is 18.3. The van der Waals surface area contributed by atoms with E-state index < -0.39 is 10.0 Å². The van der Waals surface area contributed by atoms with E-state index >= 15 is 0 Å². The van der Waals surface area contributed by atoms with Crippen molar-refractivity contribution < 1.29 is 17.6 Å². The zero-order chi connectivity index (χ0) is 19.4. The molecular formula is C19H27N3O4S. The first kappa shape index (κ1) is 20.0. The minimum Gasteiger partial charge on any atom is -0.441 e. The molecule has 27 heavy (non-hydrogen) atoms. The van der Waals surface area contributed by atoms with E-state index in [9.17, 15) is 8.42 Å². The molecule has 0 radical (unpaired) electrons. The largest absolute Gasteiger partial charge is 0.441 e. The van der Waals surface area contributed by atoms with Gasteiger partial charge < -0.3 is 14.1 Å². The molecule has 1 aliphatic heterocycles. The van der Waals surface area contributed by atoms with Gasteiger partial charge in [0, 0.05) is 39.2 Å². The topological polar surface area (TPSA) is 84.7 Å². The predicted octanol–water partition coefficient (Wildman–Crippen LogP) is 2.21. The fourth-order valence-electron chi connectivity index (χ4n) is 3.35. The second-order valence-corrected chi connectivity index (χ2v) is 8.76. The number of likely N-dealkylation sites (tertiary alicyclic amines) is 1. The van der Waals surface area contributed by atoms with Crippen LogP contribution in [-0.2, 0) is 14.8 Å². The summed E-state index contributed by atoms with van der Waals surface area (Å²) >= 11 is 0. The standard InChI is InChI=1S/C19H27N3O4S/c1-14-4-5-17(18-12-20-15(2)26-18)10-19(14)27(23,24)21-11-16-6-7-22(13-16)8-9-25-3/h4-5,10,12,16,21H,6-9,11,13H2,1-3H3. The van der Waals surface area contributed by atoms with Gasteiger partial charge in [0.05, 0.1) is 17.7 Å². The molecule has 1 saturated heterocycles. The second kappa shape index (κ2) is 8.52. The van der Waals surface area contributed by atoms with Crippen molar-refractivity contribution in [2.24, 2.45) is 5.92 Å². The molecule has 1 unspecified atom stereocenters. The van der Waals surface area contributed by atoms with Crippen molar-refractivity contribution in [1.29, 1.82) is 0 Å². The Kier molecular flexibility index (Phi) is 6.31. The number of nitrogens with one attached hydrogen (secondary N) is 1. The van der Waals surface area contributed by atoms with Crippen molar-refractivity contribution in [2.45, 2.75) is 25.2 Å². The van der Waals surface area contributed by atoms with E-state index in [1.807, 2.05) is 6.07 Å². The van der Waals surface area contributed by atoms with Crippen LogP contribution in [0.5, 0.6) is 0 Å². The summed E-state index contributed by atoms with van der Waals surface area (Å²) in [6.45, 7) is 7.46. The quantitative estimate of drug-likeness (QED) is 0.740. The molecule has 0 bridgehead atoms. The van der Waals surface area contributed by atoms with Gasteiger partial charge in [-0.25, -0.2) is 18.1 Å². The van der Waals surface area contributed by atoms with Crippen molar-refractivity contribution in [3.63, 3.8) is 0 Å². The van der Waals surface area contributed by atoms with Crippen molar-refractivity contribution in [2.75, 3.05) is 39.9 Å². The van der Waals surface area contributed by atoms with Crippen molar-refractivity contribution in [1.82, 2.24) is 14.6 Å². The Morgan fingerprint density at radius 2 is 2.19 bits per heavy atom. The lowest BCUT2D eigenvalue weighted by atomic mass is 10.1. The summed E-state index contributed by atoms with van der Waals surface area (Å²) in [5.74, 6) is 1.43. The molecule has 1 aliphatic rings. The third-order valence-electron chi connectivity index (χ3n) is 4.93. The summed E-state index contributed by atoms with van der Waals surface area (Å²) in [7, 11) is -1.90. The summed E-state index contributed by atoms with van der Waals surface area (Å²) in [6, 6.07) is 5.29. The molecule has 2 heterocycles. The fraction of sp³-hybridized carbons (Fsp3) is 0.526. The summed E-state index contributed by atoms with van der Waals surface area (Å²) in [5.41, 5.74) is 1.41. The molecule has 1 aromatic heterocycles. The number of benzene rings is 1. The molecule has 3 rings (SSSR count). The van der Waals surface area contributed by atoms with Gasteiger partial charge in [0.2, 0.25) is 10.0 Å². The summed E-state index contributed by atoms with van der Waals surface area (Å²) in [6.07, 6.45) is 2.60. The Hall–Kier alpha value is -1.74. The highest BCUT2D eigenvalue weighted by atomic mass is 32.2. The van der Waals surface area contributed by atoms with Gasteiger partial charge in [-0.3, -0.25) is 0 Å². The van der Waals surface area contributed by atoms with Crippen molar-refractivity contribution in [3.05, 3.63) is 35.9 Å². The van der Waals surface area contributed by atoms with E-state index in [1.165, 1.54) is 0 Å². The molecule has 148 valence electrons. The first-order valence-corrected chi connectivity index (χ1v) is 10.6. The predicted molar refractivity (Wildman–Crippen MR) is 103 cm³/mol. The van der Waals surface area contributed by atoms with Gasteiger partial charge in [0.1, 0.15) is 0 Å². The van der Waals surface area contributed by atoms with Gasteiger partial charge in [-0.2, -0.15) is 0 Å².